The Morgan fingerprint density at radius 3 is 2.83 bits per heavy atom. The van der Waals surface area contributed by atoms with Gasteiger partial charge in [-0.3, -0.25) is 0 Å². The molecule has 0 aliphatic carbocycles. The predicted molar refractivity (Wildman–Crippen MR) is 83.1 cm³/mol. The Kier molecular flexibility index (Phi) is 2.94. The maximum absolute atomic E-state index is 11.1. The summed E-state index contributed by atoms with van der Waals surface area (Å²) < 4.78 is 6.83. The van der Waals surface area contributed by atoms with Crippen LogP contribution in [0.25, 0.3) is 28.2 Å². The standard InChI is InChI=1S/C17H11N3O3/c21-17(22)12-3-1-2-11(8-12)14-4-5-16-18-9-15(20(16)19-14)13-6-7-23-10-13/h1-10H,(H,21,22). The quantitative estimate of drug-likeness (QED) is 0.627. The maximum Gasteiger partial charge on any atom is 0.335 e. The van der Waals surface area contributed by atoms with Crippen LogP contribution in [0.15, 0.2) is 65.6 Å². The van der Waals surface area contributed by atoms with E-state index in [4.69, 9.17) is 9.52 Å². The van der Waals surface area contributed by atoms with E-state index >= 15 is 0 Å². The van der Waals surface area contributed by atoms with Crippen LogP contribution in [0.3, 0.4) is 0 Å². The summed E-state index contributed by atoms with van der Waals surface area (Å²) in [5.74, 6) is -0.963. The summed E-state index contributed by atoms with van der Waals surface area (Å²) in [4.78, 5) is 15.4. The van der Waals surface area contributed by atoms with E-state index in [9.17, 15) is 4.79 Å². The van der Waals surface area contributed by atoms with Crippen molar-refractivity contribution in [2.75, 3.05) is 0 Å². The van der Waals surface area contributed by atoms with E-state index in [-0.39, 0.29) is 5.56 Å². The topological polar surface area (TPSA) is 80.6 Å². The number of aromatic nitrogens is 3. The molecule has 0 atom stereocenters. The van der Waals surface area contributed by atoms with E-state index < -0.39 is 5.97 Å². The molecule has 0 bridgehead atoms. The molecule has 0 spiro atoms. The van der Waals surface area contributed by atoms with Crippen molar-refractivity contribution in [1.29, 1.82) is 0 Å². The summed E-state index contributed by atoms with van der Waals surface area (Å²) in [6, 6.07) is 12.2. The number of imidazole rings is 1. The molecule has 1 aromatic carbocycles. The van der Waals surface area contributed by atoms with E-state index in [1.807, 2.05) is 24.3 Å². The summed E-state index contributed by atoms with van der Waals surface area (Å²) in [7, 11) is 0. The van der Waals surface area contributed by atoms with Crippen LogP contribution in [-0.4, -0.2) is 25.7 Å². The molecule has 0 unspecified atom stereocenters. The number of hydrogen-bond donors (Lipinski definition) is 1. The Labute approximate surface area is 130 Å². The minimum Gasteiger partial charge on any atom is -0.478 e. The normalized spacial score (nSPS) is 11.0. The van der Waals surface area contributed by atoms with E-state index in [0.29, 0.717) is 11.3 Å². The van der Waals surface area contributed by atoms with Crippen molar-refractivity contribution in [2.24, 2.45) is 0 Å². The molecular formula is C17H11N3O3. The molecule has 23 heavy (non-hydrogen) atoms. The van der Waals surface area contributed by atoms with Gasteiger partial charge in [0.25, 0.3) is 0 Å². The molecule has 0 saturated carbocycles. The molecule has 0 aliphatic heterocycles. The Bertz CT molecular complexity index is 1000. The number of nitrogens with zero attached hydrogens (tertiary/aromatic N) is 3. The minimum atomic E-state index is -0.963. The lowest BCUT2D eigenvalue weighted by Crippen LogP contribution is -1.99. The van der Waals surface area contributed by atoms with Crippen molar-refractivity contribution in [1.82, 2.24) is 14.6 Å². The summed E-state index contributed by atoms with van der Waals surface area (Å²) >= 11 is 0. The number of carboxylic acid groups (broad SMARTS) is 1. The van der Waals surface area contributed by atoms with Gasteiger partial charge in [0.1, 0.15) is 0 Å². The zero-order valence-corrected chi connectivity index (χ0v) is 11.9. The third-order valence-corrected chi connectivity index (χ3v) is 3.58. The van der Waals surface area contributed by atoms with Gasteiger partial charge in [0.2, 0.25) is 0 Å². The average Bonchev–Trinajstić information content (AvgIpc) is 3.23. The highest BCUT2D eigenvalue weighted by molar-refractivity contribution is 5.89. The molecule has 3 heterocycles. The van der Waals surface area contributed by atoms with Crippen LogP contribution in [0.5, 0.6) is 0 Å². The zero-order chi connectivity index (χ0) is 15.8. The fourth-order valence-electron chi connectivity index (χ4n) is 2.45. The lowest BCUT2D eigenvalue weighted by Gasteiger charge is -2.04. The molecule has 0 saturated heterocycles. The largest absolute Gasteiger partial charge is 0.478 e. The summed E-state index contributed by atoms with van der Waals surface area (Å²) in [6.07, 6.45) is 4.95. The Morgan fingerprint density at radius 2 is 2.04 bits per heavy atom. The summed E-state index contributed by atoms with van der Waals surface area (Å²) in [5.41, 5.74) is 4.03. The smallest absolute Gasteiger partial charge is 0.335 e. The number of fused-ring (bicyclic) bond motifs is 1. The summed E-state index contributed by atoms with van der Waals surface area (Å²) in [6.45, 7) is 0. The van der Waals surface area contributed by atoms with Gasteiger partial charge in [-0.15, -0.1) is 0 Å². The van der Waals surface area contributed by atoms with Gasteiger partial charge in [0.05, 0.1) is 35.7 Å². The lowest BCUT2D eigenvalue weighted by molar-refractivity contribution is 0.0697. The van der Waals surface area contributed by atoms with Crippen LogP contribution in [0.1, 0.15) is 10.4 Å². The minimum absolute atomic E-state index is 0.227. The molecule has 6 nitrogen and oxygen atoms in total. The number of furan rings is 1. The maximum atomic E-state index is 11.1. The second-order valence-corrected chi connectivity index (χ2v) is 5.03. The number of rotatable bonds is 3. The number of hydrogen-bond acceptors (Lipinski definition) is 4. The Morgan fingerprint density at radius 1 is 1.13 bits per heavy atom. The van der Waals surface area contributed by atoms with E-state index in [2.05, 4.69) is 10.1 Å². The second-order valence-electron chi connectivity index (χ2n) is 5.03. The first-order valence-corrected chi connectivity index (χ1v) is 6.93. The van der Waals surface area contributed by atoms with Crippen LogP contribution in [-0.2, 0) is 0 Å². The second kappa shape index (κ2) is 5.10. The van der Waals surface area contributed by atoms with Crippen molar-refractivity contribution in [2.45, 2.75) is 0 Å². The van der Waals surface area contributed by atoms with Gasteiger partial charge < -0.3 is 9.52 Å². The Balaban J connectivity index is 1.87. The molecule has 0 aliphatic rings. The van der Waals surface area contributed by atoms with E-state index in [1.54, 1.807) is 41.4 Å². The summed E-state index contributed by atoms with van der Waals surface area (Å²) in [5, 5.41) is 13.7. The first-order chi connectivity index (χ1) is 11.2. The first kappa shape index (κ1) is 13.3. The number of benzene rings is 1. The van der Waals surface area contributed by atoms with Gasteiger partial charge >= 0.3 is 5.97 Å². The van der Waals surface area contributed by atoms with Crippen molar-refractivity contribution in [3.63, 3.8) is 0 Å². The van der Waals surface area contributed by atoms with E-state index in [1.165, 1.54) is 0 Å². The molecule has 1 N–H and O–H groups in total. The molecule has 0 amide bonds. The molecule has 0 fully saturated rings. The van der Waals surface area contributed by atoms with Crippen LogP contribution < -0.4 is 0 Å². The van der Waals surface area contributed by atoms with Crippen molar-refractivity contribution < 1.29 is 14.3 Å². The highest BCUT2D eigenvalue weighted by Gasteiger charge is 2.11. The SMILES string of the molecule is O=C(O)c1cccc(-c2ccc3ncc(-c4ccoc4)n3n2)c1. The molecule has 4 aromatic rings. The number of aromatic carboxylic acids is 1. The average molecular weight is 305 g/mol. The number of carbonyl (C=O) groups is 1. The van der Waals surface area contributed by atoms with Gasteiger partial charge in [0, 0.05) is 11.1 Å². The van der Waals surface area contributed by atoms with Gasteiger partial charge in [0.15, 0.2) is 5.65 Å². The van der Waals surface area contributed by atoms with Gasteiger partial charge in [-0.05, 0) is 30.3 Å². The van der Waals surface area contributed by atoms with Crippen LogP contribution in [0.2, 0.25) is 0 Å². The fraction of sp³-hybridized carbons (Fsp3) is 0. The van der Waals surface area contributed by atoms with Crippen LogP contribution in [0, 0.1) is 0 Å². The van der Waals surface area contributed by atoms with Crippen LogP contribution >= 0.6 is 0 Å². The molecule has 3 aromatic heterocycles. The van der Waals surface area contributed by atoms with Gasteiger partial charge in [-0.25, -0.2) is 14.3 Å². The third kappa shape index (κ3) is 2.26. The molecule has 4 rings (SSSR count). The third-order valence-electron chi connectivity index (χ3n) is 3.58. The molecule has 0 radical (unpaired) electrons. The lowest BCUT2D eigenvalue weighted by atomic mass is 10.1. The Hall–Kier alpha value is -3.41. The van der Waals surface area contributed by atoms with E-state index in [0.717, 1.165) is 16.8 Å². The monoisotopic (exact) mass is 305 g/mol. The highest BCUT2D eigenvalue weighted by atomic mass is 16.4. The van der Waals surface area contributed by atoms with Crippen molar-refractivity contribution >= 4 is 11.6 Å². The van der Waals surface area contributed by atoms with Crippen LogP contribution in [0.4, 0.5) is 0 Å². The fourth-order valence-corrected chi connectivity index (χ4v) is 2.45. The molecular weight excluding hydrogens is 294 g/mol. The van der Waals surface area contributed by atoms with Crippen molar-refractivity contribution in [3.05, 3.63) is 66.8 Å². The molecule has 6 heteroatoms. The van der Waals surface area contributed by atoms with Gasteiger partial charge in [-0.1, -0.05) is 12.1 Å². The van der Waals surface area contributed by atoms with Crippen molar-refractivity contribution in [3.8, 4) is 22.5 Å². The van der Waals surface area contributed by atoms with Gasteiger partial charge in [-0.2, -0.15) is 5.10 Å². The zero-order valence-electron chi connectivity index (χ0n) is 11.9. The highest BCUT2D eigenvalue weighted by Crippen LogP contribution is 2.23. The first-order valence-electron chi connectivity index (χ1n) is 6.93. The predicted octanol–water partition coefficient (Wildman–Crippen LogP) is 3.35. The number of carboxylic acids is 1. The molecule has 112 valence electrons.